The number of esters is 1. The van der Waals surface area contributed by atoms with Gasteiger partial charge in [0, 0.05) is 15.8 Å². The number of carbonyl (C=O) groups excluding carboxylic acids is 1. The lowest BCUT2D eigenvalue weighted by atomic mass is 10.0. The molecule has 2 aromatic heterocycles. The standard InChI is InChI=1S/C19H14O3S/c20-18(22-12-15-5-3-9-23-15)10-14-11-21-17-8-7-13-4-1-2-6-16(13)19(14)17/h1-9,11H,10,12H2. The molecular formula is C19H14O3S. The van der Waals surface area contributed by atoms with Crippen LogP contribution >= 0.6 is 11.3 Å². The topological polar surface area (TPSA) is 39.4 Å². The van der Waals surface area contributed by atoms with Gasteiger partial charge in [0.1, 0.15) is 12.2 Å². The smallest absolute Gasteiger partial charge is 0.310 e. The van der Waals surface area contributed by atoms with Crippen molar-refractivity contribution in [2.24, 2.45) is 0 Å². The van der Waals surface area contributed by atoms with Gasteiger partial charge in [-0.3, -0.25) is 4.79 Å². The van der Waals surface area contributed by atoms with E-state index in [-0.39, 0.29) is 12.4 Å². The number of fused-ring (bicyclic) bond motifs is 3. The molecule has 114 valence electrons. The van der Waals surface area contributed by atoms with Gasteiger partial charge in [-0.15, -0.1) is 11.3 Å². The number of thiophene rings is 1. The van der Waals surface area contributed by atoms with Crippen molar-refractivity contribution in [3.8, 4) is 0 Å². The average Bonchev–Trinajstić information content (AvgIpc) is 3.23. The lowest BCUT2D eigenvalue weighted by molar-refractivity contribution is -0.144. The monoisotopic (exact) mass is 322 g/mol. The molecule has 0 fully saturated rings. The molecule has 0 aliphatic carbocycles. The molecule has 3 nitrogen and oxygen atoms in total. The maximum Gasteiger partial charge on any atom is 0.310 e. The minimum Gasteiger partial charge on any atom is -0.464 e. The second-order valence-corrected chi connectivity index (χ2v) is 6.37. The van der Waals surface area contributed by atoms with Crippen LogP contribution in [0.25, 0.3) is 21.7 Å². The van der Waals surface area contributed by atoms with Crippen LogP contribution in [0.4, 0.5) is 0 Å². The van der Waals surface area contributed by atoms with E-state index in [4.69, 9.17) is 9.15 Å². The van der Waals surface area contributed by atoms with Gasteiger partial charge in [-0.05, 0) is 28.3 Å². The van der Waals surface area contributed by atoms with E-state index in [0.29, 0.717) is 6.61 Å². The number of hydrogen-bond acceptors (Lipinski definition) is 4. The summed E-state index contributed by atoms with van der Waals surface area (Å²) in [7, 11) is 0. The third kappa shape index (κ3) is 2.73. The van der Waals surface area contributed by atoms with E-state index in [2.05, 4.69) is 6.07 Å². The molecule has 4 aromatic rings. The highest BCUT2D eigenvalue weighted by Gasteiger charge is 2.14. The van der Waals surface area contributed by atoms with Gasteiger partial charge in [0.05, 0.1) is 12.7 Å². The fourth-order valence-electron chi connectivity index (χ4n) is 2.76. The molecule has 0 N–H and O–H groups in total. The molecule has 0 aliphatic rings. The van der Waals surface area contributed by atoms with Crippen LogP contribution in [0.5, 0.6) is 0 Å². The van der Waals surface area contributed by atoms with E-state index in [0.717, 1.165) is 32.2 Å². The molecule has 0 atom stereocenters. The Balaban J connectivity index is 1.61. The molecule has 0 saturated carbocycles. The second kappa shape index (κ2) is 5.89. The zero-order chi connectivity index (χ0) is 15.6. The highest BCUT2D eigenvalue weighted by molar-refractivity contribution is 7.09. The zero-order valence-corrected chi connectivity index (χ0v) is 13.1. The van der Waals surface area contributed by atoms with Crippen LogP contribution in [0.15, 0.2) is 64.6 Å². The van der Waals surface area contributed by atoms with Crippen molar-refractivity contribution in [2.75, 3.05) is 0 Å². The second-order valence-electron chi connectivity index (χ2n) is 5.34. The van der Waals surface area contributed by atoms with E-state index in [1.54, 1.807) is 17.6 Å². The zero-order valence-electron chi connectivity index (χ0n) is 12.3. The van der Waals surface area contributed by atoms with E-state index in [9.17, 15) is 4.79 Å². The van der Waals surface area contributed by atoms with Crippen molar-refractivity contribution >= 4 is 39.0 Å². The predicted molar refractivity (Wildman–Crippen MR) is 91.5 cm³/mol. The average molecular weight is 322 g/mol. The number of carbonyl (C=O) groups is 1. The molecule has 0 unspecified atom stereocenters. The van der Waals surface area contributed by atoms with Gasteiger partial charge in [-0.25, -0.2) is 0 Å². The molecule has 4 rings (SSSR count). The Morgan fingerprint density at radius 2 is 2.00 bits per heavy atom. The molecule has 0 amide bonds. The first-order valence-electron chi connectivity index (χ1n) is 7.37. The Kier molecular flexibility index (Phi) is 3.60. The predicted octanol–water partition coefficient (Wildman–Crippen LogP) is 4.93. The van der Waals surface area contributed by atoms with Crippen LogP contribution in [0.2, 0.25) is 0 Å². The number of ether oxygens (including phenoxy) is 1. The molecular weight excluding hydrogens is 308 g/mol. The van der Waals surface area contributed by atoms with Gasteiger partial charge in [0.15, 0.2) is 0 Å². The van der Waals surface area contributed by atoms with Gasteiger partial charge in [-0.2, -0.15) is 0 Å². The van der Waals surface area contributed by atoms with Gasteiger partial charge in [0.25, 0.3) is 0 Å². The summed E-state index contributed by atoms with van der Waals surface area (Å²) in [6, 6.07) is 16.0. The third-order valence-corrected chi connectivity index (χ3v) is 4.68. The van der Waals surface area contributed by atoms with Crippen LogP contribution in [-0.2, 0) is 22.6 Å². The molecule has 0 saturated heterocycles. The summed E-state index contributed by atoms with van der Waals surface area (Å²) in [6.07, 6.45) is 1.87. The quantitative estimate of drug-likeness (QED) is 0.500. The summed E-state index contributed by atoms with van der Waals surface area (Å²) in [5.74, 6) is -0.242. The van der Waals surface area contributed by atoms with Crippen molar-refractivity contribution in [1.29, 1.82) is 0 Å². The highest BCUT2D eigenvalue weighted by Crippen LogP contribution is 2.30. The maximum atomic E-state index is 12.1. The molecule has 0 spiro atoms. The summed E-state index contributed by atoms with van der Waals surface area (Å²) >= 11 is 1.58. The van der Waals surface area contributed by atoms with Gasteiger partial charge < -0.3 is 9.15 Å². The Labute approximate surface area is 137 Å². The first kappa shape index (κ1) is 14.0. The normalized spacial score (nSPS) is 11.1. The summed E-state index contributed by atoms with van der Waals surface area (Å²) in [6.45, 7) is 0.326. The molecule has 2 heterocycles. The Morgan fingerprint density at radius 1 is 1.09 bits per heavy atom. The van der Waals surface area contributed by atoms with E-state index in [1.807, 2.05) is 47.8 Å². The van der Waals surface area contributed by atoms with Crippen LogP contribution in [0.3, 0.4) is 0 Å². The van der Waals surface area contributed by atoms with Crippen molar-refractivity contribution in [1.82, 2.24) is 0 Å². The van der Waals surface area contributed by atoms with Crippen LogP contribution in [0.1, 0.15) is 10.4 Å². The molecule has 0 bridgehead atoms. The SMILES string of the molecule is O=C(Cc1coc2ccc3ccccc3c12)OCc1cccs1. The van der Waals surface area contributed by atoms with Gasteiger partial charge in [-0.1, -0.05) is 36.4 Å². The van der Waals surface area contributed by atoms with Gasteiger partial charge >= 0.3 is 5.97 Å². The Morgan fingerprint density at radius 3 is 2.87 bits per heavy atom. The summed E-state index contributed by atoms with van der Waals surface area (Å²) in [5.41, 5.74) is 1.66. The fourth-order valence-corrected chi connectivity index (χ4v) is 3.37. The molecule has 0 aliphatic heterocycles. The summed E-state index contributed by atoms with van der Waals surface area (Å²) in [4.78, 5) is 13.2. The Bertz CT molecular complexity index is 967. The third-order valence-electron chi connectivity index (χ3n) is 3.83. The number of furan rings is 1. The van der Waals surface area contributed by atoms with E-state index in [1.165, 1.54) is 0 Å². The maximum absolute atomic E-state index is 12.1. The minimum atomic E-state index is -0.242. The largest absolute Gasteiger partial charge is 0.464 e. The Hall–Kier alpha value is -2.59. The highest BCUT2D eigenvalue weighted by atomic mass is 32.1. The summed E-state index contributed by atoms with van der Waals surface area (Å²) < 4.78 is 11.0. The lowest BCUT2D eigenvalue weighted by Crippen LogP contribution is -2.07. The number of benzene rings is 2. The van der Waals surface area contributed by atoms with Crippen LogP contribution in [0, 0.1) is 0 Å². The van der Waals surface area contributed by atoms with Crippen LogP contribution < -0.4 is 0 Å². The first-order chi connectivity index (χ1) is 11.3. The van der Waals surface area contributed by atoms with Crippen molar-refractivity contribution in [2.45, 2.75) is 13.0 Å². The fraction of sp³-hybridized carbons (Fsp3) is 0.105. The summed E-state index contributed by atoms with van der Waals surface area (Å²) in [5, 5.41) is 5.20. The first-order valence-corrected chi connectivity index (χ1v) is 8.25. The lowest BCUT2D eigenvalue weighted by Gasteiger charge is -2.04. The van der Waals surface area contributed by atoms with Crippen molar-refractivity contribution in [3.05, 3.63) is 70.6 Å². The minimum absolute atomic E-state index is 0.215. The molecule has 4 heteroatoms. The molecule has 2 aromatic carbocycles. The number of hydrogen-bond donors (Lipinski definition) is 0. The van der Waals surface area contributed by atoms with E-state index < -0.39 is 0 Å². The van der Waals surface area contributed by atoms with Crippen molar-refractivity contribution in [3.63, 3.8) is 0 Å². The van der Waals surface area contributed by atoms with E-state index >= 15 is 0 Å². The van der Waals surface area contributed by atoms with Crippen LogP contribution in [-0.4, -0.2) is 5.97 Å². The molecule has 23 heavy (non-hydrogen) atoms. The van der Waals surface area contributed by atoms with Gasteiger partial charge in [0.2, 0.25) is 0 Å². The molecule has 0 radical (unpaired) electrons. The number of rotatable bonds is 4. The van der Waals surface area contributed by atoms with Crippen molar-refractivity contribution < 1.29 is 13.9 Å².